The molecule has 0 amide bonds. The van der Waals surface area contributed by atoms with Crippen LogP contribution in [0.3, 0.4) is 0 Å². The average molecular weight is 417 g/mol. The summed E-state index contributed by atoms with van der Waals surface area (Å²) in [5.41, 5.74) is -2.03. The third-order valence-corrected chi connectivity index (χ3v) is 11.3. The minimum atomic E-state index is -0.941. The van der Waals surface area contributed by atoms with Crippen molar-refractivity contribution in [2.24, 2.45) is 52.3 Å². The molecule has 0 aromatic carbocycles. The maximum Gasteiger partial charge on any atom is 0.330 e. The summed E-state index contributed by atoms with van der Waals surface area (Å²) in [6.45, 7) is 4.56. The van der Waals surface area contributed by atoms with E-state index < -0.39 is 17.2 Å². The molecule has 0 spiro atoms. The molecule has 5 heteroatoms. The minimum absolute atomic E-state index is 0.136. The van der Waals surface area contributed by atoms with E-state index in [0.29, 0.717) is 41.9 Å². The highest BCUT2D eigenvalue weighted by molar-refractivity contribution is 5.82. The van der Waals surface area contributed by atoms with E-state index in [-0.39, 0.29) is 22.9 Å². The van der Waals surface area contributed by atoms with Crippen LogP contribution in [0.4, 0.5) is 0 Å². The second-order valence-corrected chi connectivity index (χ2v) is 12.1. The Morgan fingerprint density at radius 1 is 1.00 bits per heavy atom. The number of aliphatic hydroxyl groups excluding tert-OH is 1. The molecule has 166 valence electrons. The molecule has 5 nitrogen and oxygen atoms in total. The van der Waals surface area contributed by atoms with E-state index in [9.17, 15) is 20.1 Å². The summed E-state index contributed by atoms with van der Waals surface area (Å²) in [5, 5.41) is 34.1. The fourth-order valence-corrected chi connectivity index (χ4v) is 9.79. The summed E-state index contributed by atoms with van der Waals surface area (Å²) in [7, 11) is 1.37. The summed E-state index contributed by atoms with van der Waals surface area (Å²) in [6, 6.07) is 0. The van der Waals surface area contributed by atoms with E-state index in [2.05, 4.69) is 13.8 Å². The average Bonchev–Trinajstić information content (AvgIpc) is 3.60. The molecule has 1 unspecified atom stereocenters. The Morgan fingerprint density at radius 2 is 1.70 bits per heavy atom. The monoisotopic (exact) mass is 416 g/mol. The molecule has 0 heterocycles. The summed E-state index contributed by atoms with van der Waals surface area (Å²) in [5.74, 6) is 2.66. The lowest BCUT2D eigenvalue weighted by Gasteiger charge is -2.64. The Labute approximate surface area is 178 Å². The summed E-state index contributed by atoms with van der Waals surface area (Å²) in [6.07, 6.45) is 9.10. The van der Waals surface area contributed by atoms with E-state index >= 15 is 0 Å². The van der Waals surface area contributed by atoms with Gasteiger partial charge in [0.05, 0.1) is 24.4 Å². The van der Waals surface area contributed by atoms with Crippen LogP contribution in [0.1, 0.15) is 58.8 Å². The zero-order chi connectivity index (χ0) is 21.3. The number of ether oxygens (including phenoxy) is 1. The molecule has 0 aromatic rings. The molecule has 12 atom stereocenters. The lowest BCUT2D eigenvalue weighted by molar-refractivity contribution is -0.233. The number of hydrogen-bond acceptors (Lipinski definition) is 5. The molecule has 0 bridgehead atoms. The van der Waals surface area contributed by atoms with Crippen molar-refractivity contribution in [3.63, 3.8) is 0 Å². The van der Waals surface area contributed by atoms with Crippen LogP contribution in [0.5, 0.6) is 0 Å². The summed E-state index contributed by atoms with van der Waals surface area (Å²) >= 11 is 0. The lowest BCUT2D eigenvalue weighted by atomic mass is 9.42. The maximum atomic E-state index is 11.9. The Morgan fingerprint density at radius 3 is 2.43 bits per heavy atom. The standard InChI is InChI=1S/C25H36O5/c1-22-7-4-13(26)12-25(22,29)17-10-14(17)20-16(22)5-8-23(2)21(20)15-11-18(15)24(23,28)9-6-19(27)30-3/h6,9,13-18,20-21,26,28-29H,4-5,7-8,10-12H2,1-3H3/b9-6+/t13-,14-,15+,16-,17+,18-,20+,21?,22+,23-,24-,25+/m0/s1. The van der Waals surface area contributed by atoms with Crippen LogP contribution >= 0.6 is 0 Å². The lowest BCUT2D eigenvalue weighted by Crippen LogP contribution is -2.65. The predicted octanol–water partition coefficient (Wildman–Crippen LogP) is 2.68. The van der Waals surface area contributed by atoms with Gasteiger partial charge in [-0.05, 0) is 91.4 Å². The van der Waals surface area contributed by atoms with Gasteiger partial charge in [0, 0.05) is 17.9 Å². The van der Waals surface area contributed by atoms with Gasteiger partial charge in [-0.1, -0.05) is 13.8 Å². The Hall–Kier alpha value is -0.910. The molecular formula is C25H36O5. The van der Waals surface area contributed by atoms with Crippen LogP contribution in [0.2, 0.25) is 0 Å². The van der Waals surface area contributed by atoms with Gasteiger partial charge in [0.2, 0.25) is 0 Å². The number of methoxy groups -OCH3 is 1. The van der Waals surface area contributed by atoms with Crippen LogP contribution in [-0.2, 0) is 9.53 Å². The van der Waals surface area contributed by atoms with Gasteiger partial charge < -0.3 is 20.1 Å². The topological polar surface area (TPSA) is 87.0 Å². The zero-order valence-electron chi connectivity index (χ0n) is 18.4. The number of esters is 1. The van der Waals surface area contributed by atoms with Crippen molar-refractivity contribution in [1.29, 1.82) is 0 Å². The molecule has 6 saturated carbocycles. The highest BCUT2D eigenvalue weighted by Gasteiger charge is 2.80. The first-order valence-corrected chi connectivity index (χ1v) is 12.0. The Balaban J connectivity index is 1.38. The van der Waals surface area contributed by atoms with Crippen LogP contribution in [0, 0.1) is 52.3 Å². The van der Waals surface area contributed by atoms with Gasteiger partial charge in [-0.2, -0.15) is 0 Å². The van der Waals surface area contributed by atoms with Gasteiger partial charge in [-0.25, -0.2) is 4.79 Å². The highest BCUT2D eigenvalue weighted by atomic mass is 16.5. The van der Waals surface area contributed by atoms with Crippen molar-refractivity contribution in [1.82, 2.24) is 0 Å². The first-order valence-electron chi connectivity index (χ1n) is 12.0. The van der Waals surface area contributed by atoms with Gasteiger partial charge >= 0.3 is 5.97 Å². The molecule has 30 heavy (non-hydrogen) atoms. The molecule has 3 N–H and O–H groups in total. The molecule has 6 aliphatic carbocycles. The largest absolute Gasteiger partial charge is 0.466 e. The van der Waals surface area contributed by atoms with Gasteiger partial charge in [0.25, 0.3) is 0 Å². The van der Waals surface area contributed by atoms with Crippen LogP contribution in [0.15, 0.2) is 12.2 Å². The van der Waals surface area contributed by atoms with Crippen LogP contribution in [-0.4, -0.2) is 45.7 Å². The number of fused-ring (bicyclic) bond motifs is 10. The van der Waals surface area contributed by atoms with Gasteiger partial charge in [0.15, 0.2) is 0 Å². The van der Waals surface area contributed by atoms with Crippen LogP contribution < -0.4 is 0 Å². The van der Waals surface area contributed by atoms with Gasteiger partial charge in [-0.3, -0.25) is 0 Å². The van der Waals surface area contributed by atoms with Crippen molar-refractivity contribution in [3.05, 3.63) is 12.2 Å². The Bertz CT molecular complexity index is 824. The zero-order valence-corrected chi connectivity index (χ0v) is 18.4. The highest BCUT2D eigenvalue weighted by Crippen LogP contribution is 2.81. The number of rotatable bonds is 2. The third-order valence-electron chi connectivity index (χ3n) is 11.3. The van der Waals surface area contributed by atoms with Crippen LogP contribution in [0.25, 0.3) is 0 Å². The smallest absolute Gasteiger partial charge is 0.330 e. The molecule has 0 aromatic heterocycles. The molecular weight excluding hydrogens is 380 g/mol. The van der Waals surface area contributed by atoms with Crippen molar-refractivity contribution >= 4 is 5.97 Å². The predicted molar refractivity (Wildman–Crippen MR) is 110 cm³/mol. The van der Waals surface area contributed by atoms with Crippen molar-refractivity contribution < 1.29 is 24.9 Å². The van der Waals surface area contributed by atoms with Gasteiger partial charge in [-0.15, -0.1) is 0 Å². The summed E-state index contributed by atoms with van der Waals surface area (Å²) in [4.78, 5) is 11.8. The number of hydrogen-bond donors (Lipinski definition) is 3. The second-order valence-electron chi connectivity index (χ2n) is 12.1. The normalized spacial score (nSPS) is 62.6. The molecule has 0 saturated heterocycles. The molecule has 6 fully saturated rings. The van der Waals surface area contributed by atoms with E-state index in [4.69, 9.17) is 4.74 Å². The maximum absolute atomic E-state index is 11.9. The summed E-state index contributed by atoms with van der Waals surface area (Å²) < 4.78 is 4.79. The fraction of sp³-hybridized carbons (Fsp3) is 0.880. The van der Waals surface area contributed by atoms with E-state index in [1.54, 1.807) is 6.08 Å². The number of carbonyl (C=O) groups excluding carboxylic acids is 1. The molecule has 6 rings (SSSR count). The molecule has 6 aliphatic rings. The molecule has 0 radical (unpaired) electrons. The fourth-order valence-electron chi connectivity index (χ4n) is 9.79. The minimum Gasteiger partial charge on any atom is -0.466 e. The quantitative estimate of drug-likeness (QED) is 0.476. The number of aliphatic hydroxyl groups is 3. The van der Waals surface area contributed by atoms with E-state index in [1.165, 1.54) is 13.2 Å². The Kier molecular flexibility index (Phi) is 3.76. The molecule has 0 aliphatic heterocycles. The number of carbonyl (C=O) groups is 1. The third kappa shape index (κ3) is 2.08. The second kappa shape index (κ2) is 5.71. The van der Waals surface area contributed by atoms with Crippen molar-refractivity contribution in [2.75, 3.05) is 7.11 Å². The first kappa shape index (κ1) is 19.8. The van der Waals surface area contributed by atoms with Crippen molar-refractivity contribution in [2.45, 2.75) is 76.1 Å². The first-order chi connectivity index (χ1) is 14.1. The van der Waals surface area contributed by atoms with E-state index in [1.807, 2.05) is 0 Å². The van der Waals surface area contributed by atoms with Crippen molar-refractivity contribution in [3.8, 4) is 0 Å². The van der Waals surface area contributed by atoms with E-state index in [0.717, 1.165) is 38.5 Å². The van der Waals surface area contributed by atoms with Gasteiger partial charge in [0.1, 0.15) is 0 Å². The SMILES string of the molecule is COC(=O)/C=C/[C@]1(O)[C@H]2C[C@H]2C2[C@@H]3[C@H]4C[C@H]4[C@]4(O)C[C@@H](O)CC[C@]4(C)[C@H]3CC[C@@]21C.